The molecule has 0 unspecified atom stereocenters. The van der Waals surface area contributed by atoms with Crippen molar-refractivity contribution >= 4 is 50.3 Å². The second-order valence-electron chi connectivity index (χ2n) is 5.58. The van der Waals surface area contributed by atoms with Gasteiger partial charge in [0, 0.05) is 20.6 Å². The summed E-state index contributed by atoms with van der Waals surface area (Å²) in [7, 11) is 1.62. The molecule has 2 amide bonds. The van der Waals surface area contributed by atoms with Crippen LogP contribution in [0.25, 0.3) is 0 Å². The number of likely N-dealkylation sites (N-methyl/N-ethyl adjacent to an activating group) is 1. The van der Waals surface area contributed by atoms with Gasteiger partial charge in [0.15, 0.2) is 0 Å². The monoisotopic (exact) mass is 452 g/mol. The number of halogens is 2. The van der Waals surface area contributed by atoms with Crippen LogP contribution in [-0.2, 0) is 4.79 Å². The maximum atomic E-state index is 12.3. The smallest absolute Gasteiger partial charge is 0.255 e. The van der Waals surface area contributed by atoms with Crippen molar-refractivity contribution < 1.29 is 9.59 Å². The minimum Gasteiger partial charge on any atom is -0.350 e. The zero-order chi connectivity index (χ0) is 15.5. The van der Waals surface area contributed by atoms with E-state index in [1.807, 2.05) is 32.9 Å². The minimum absolute atomic E-state index is 0.0357. The third-order valence-corrected chi connectivity index (χ3v) is 3.76. The van der Waals surface area contributed by atoms with Gasteiger partial charge < -0.3 is 10.2 Å². The van der Waals surface area contributed by atoms with Crippen molar-refractivity contribution in [2.75, 3.05) is 13.6 Å². The summed E-state index contributed by atoms with van der Waals surface area (Å²) in [6, 6.07) is 5.54. The quantitative estimate of drug-likeness (QED) is 0.716. The van der Waals surface area contributed by atoms with E-state index in [1.165, 1.54) is 4.90 Å². The molecule has 0 aliphatic carbocycles. The average Bonchev–Trinajstić information content (AvgIpc) is 2.28. The van der Waals surface area contributed by atoms with Gasteiger partial charge in [0.05, 0.1) is 12.1 Å². The van der Waals surface area contributed by atoms with Crippen LogP contribution in [0.15, 0.2) is 22.7 Å². The van der Waals surface area contributed by atoms with Crippen LogP contribution < -0.4 is 5.32 Å². The Morgan fingerprint density at radius 2 is 1.95 bits per heavy atom. The highest BCUT2D eigenvalue weighted by Gasteiger charge is 2.20. The highest BCUT2D eigenvalue weighted by atomic mass is 127. The third kappa shape index (κ3) is 5.40. The molecule has 0 aromatic heterocycles. The molecule has 0 bridgehead atoms. The van der Waals surface area contributed by atoms with Crippen LogP contribution in [0.4, 0.5) is 0 Å². The Kier molecular flexibility index (Phi) is 6.00. The molecule has 110 valence electrons. The molecule has 6 heteroatoms. The number of hydrogen-bond donors (Lipinski definition) is 1. The minimum atomic E-state index is -0.302. The van der Waals surface area contributed by atoms with E-state index in [1.54, 1.807) is 13.1 Å². The lowest BCUT2D eigenvalue weighted by molar-refractivity contribution is -0.122. The number of amides is 2. The van der Waals surface area contributed by atoms with E-state index < -0.39 is 0 Å². The highest BCUT2D eigenvalue weighted by Crippen LogP contribution is 2.20. The fourth-order valence-electron chi connectivity index (χ4n) is 1.61. The van der Waals surface area contributed by atoms with Crippen LogP contribution in [0, 0.1) is 3.57 Å². The van der Waals surface area contributed by atoms with Crippen molar-refractivity contribution in [1.29, 1.82) is 0 Å². The van der Waals surface area contributed by atoms with Gasteiger partial charge in [0.2, 0.25) is 5.91 Å². The average molecular weight is 453 g/mol. The van der Waals surface area contributed by atoms with E-state index in [4.69, 9.17) is 0 Å². The number of nitrogens with one attached hydrogen (secondary N) is 1. The topological polar surface area (TPSA) is 49.4 Å². The number of carbonyl (C=O) groups is 2. The molecule has 1 rings (SSSR count). The first-order chi connectivity index (χ1) is 9.10. The summed E-state index contributed by atoms with van der Waals surface area (Å²) >= 11 is 5.51. The Morgan fingerprint density at radius 3 is 2.50 bits per heavy atom. The van der Waals surface area contributed by atoms with Gasteiger partial charge in [-0.3, -0.25) is 9.59 Å². The lowest BCUT2D eigenvalue weighted by Crippen LogP contribution is -2.46. The van der Waals surface area contributed by atoms with Gasteiger partial charge in [0.25, 0.3) is 5.91 Å². The number of rotatable bonds is 3. The molecule has 0 aliphatic heterocycles. The molecule has 0 atom stereocenters. The van der Waals surface area contributed by atoms with Gasteiger partial charge in [-0.1, -0.05) is 0 Å². The lowest BCUT2D eigenvalue weighted by Gasteiger charge is -2.23. The standard InChI is InChI=1S/C14H18BrIN2O2/c1-14(2,3)17-12(19)8-18(4)13(20)10-7-9(16)5-6-11(10)15/h5-7H,8H2,1-4H3,(H,17,19). The third-order valence-electron chi connectivity index (χ3n) is 2.40. The first-order valence-electron chi connectivity index (χ1n) is 6.11. The second kappa shape index (κ2) is 6.89. The Morgan fingerprint density at radius 1 is 1.35 bits per heavy atom. The van der Waals surface area contributed by atoms with Crippen molar-refractivity contribution in [3.63, 3.8) is 0 Å². The summed E-state index contributed by atoms with van der Waals surface area (Å²) in [6.45, 7) is 5.75. The van der Waals surface area contributed by atoms with E-state index in [2.05, 4.69) is 43.8 Å². The molecule has 0 saturated carbocycles. The van der Waals surface area contributed by atoms with Crippen LogP contribution >= 0.6 is 38.5 Å². The molecular weight excluding hydrogens is 435 g/mol. The summed E-state index contributed by atoms with van der Waals surface area (Å²) in [5, 5.41) is 2.84. The first-order valence-corrected chi connectivity index (χ1v) is 7.99. The zero-order valence-corrected chi connectivity index (χ0v) is 15.7. The van der Waals surface area contributed by atoms with Crippen molar-refractivity contribution in [3.8, 4) is 0 Å². The van der Waals surface area contributed by atoms with Crippen LogP contribution in [-0.4, -0.2) is 35.8 Å². The van der Waals surface area contributed by atoms with Gasteiger partial charge >= 0.3 is 0 Å². The molecule has 0 spiro atoms. The van der Waals surface area contributed by atoms with Gasteiger partial charge in [-0.05, 0) is 77.5 Å². The van der Waals surface area contributed by atoms with Gasteiger partial charge in [-0.2, -0.15) is 0 Å². The molecule has 1 aromatic rings. The fourth-order valence-corrected chi connectivity index (χ4v) is 2.52. The summed E-state index contributed by atoms with van der Waals surface area (Å²) < 4.78 is 1.70. The summed E-state index contributed by atoms with van der Waals surface area (Å²) in [4.78, 5) is 25.6. The second-order valence-corrected chi connectivity index (χ2v) is 7.68. The van der Waals surface area contributed by atoms with E-state index in [9.17, 15) is 9.59 Å². The van der Waals surface area contributed by atoms with Gasteiger partial charge in [-0.15, -0.1) is 0 Å². The Bertz CT molecular complexity index is 526. The van der Waals surface area contributed by atoms with Crippen molar-refractivity contribution in [3.05, 3.63) is 31.8 Å². The van der Waals surface area contributed by atoms with Crippen molar-refractivity contribution in [2.45, 2.75) is 26.3 Å². The largest absolute Gasteiger partial charge is 0.350 e. The molecule has 0 heterocycles. The van der Waals surface area contributed by atoms with E-state index >= 15 is 0 Å². The summed E-state index contributed by atoms with van der Waals surface area (Å²) in [6.07, 6.45) is 0. The molecule has 0 radical (unpaired) electrons. The molecule has 4 nitrogen and oxygen atoms in total. The summed E-state index contributed by atoms with van der Waals surface area (Å²) in [5.74, 6) is -0.352. The normalized spacial score (nSPS) is 11.1. The SMILES string of the molecule is CN(CC(=O)NC(C)(C)C)C(=O)c1cc(I)ccc1Br. The molecule has 0 aliphatic rings. The van der Waals surface area contributed by atoms with E-state index in [0.717, 1.165) is 8.04 Å². The highest BCUT2D eigenvalue weighted by molar-refractivity contribution is 14.1. The van der Waals surface area contributed by atoms with Crippen LogP contribution in [0.3, 0.4) is 0 Å². The maximum Gasteiger partial charge on any atom is 0.255 e. The molecule has 0 fully saturated rings. The molecule has 1 aromatic carbocycles. The van der Waals surface area contributed by atoms with Crippen LogP contribution in [0.5, 0.6) is 0 Å². The predicted molar refractivity (Wildman–Crippen MR) is 91.7 cm³/mol. The van der Waals surface area contributed by atoms with E-state index in [-0.39, 0.29) is 23.9 Å². The fraction of sp³-hybridized carbons (Fsp3) is 0.429. The van der Waals surface area contributed by atoms with Crippen molar-refractivity contribution in [2.24, 2.45) is 0 Å². The van der Waals surface area contributed by atoms with Crippen LogP contribution in [0.2, 0.25) is 0 Å². The van der Waals surface area contributed by atoms with Gasteiger partial charge in [-0.25, -0.2) is 0 Å². The predicted octanol–water partition coefficient (Wildman–Crippen LogP) is 3.04. The molecule has 0 saturated heterocycles. The Hall–Kier alpha value is -0.630. The van der Waals surface area contributed by atoms with Crippen molar-refractivity contribution in [1.82, 2.24) is 10.2 Å². The number of carbonyl (C=O) groups excluding carboxylic acids is 2. The summed E-state index contributed by atoms with van der Waals surface area (Å²) in [5.41, 5.74) is 0.256. The first kappa shape index (κ1) is 17.4. The molecule has 20 heavy (non-hydrogen) atoms. The lowest BCUT2D eigenvalue weighted by atomic mass is 10.1. The molecular formula is C14H18BrIN2O2. The van der Waals surface area contributed by atoms with Gasteiger partial charge in [0.1, 0.15) is 0 Å². The number of nitrogens with zero attached hydrogens (tertiary/aromatic N) is 1. The number of benzene rings is 1. The van der Waals surface area contributed by atoms with E-state index in [0.29, 0.717) is 5.56 Å². The molecule has 1 N–H and O–H groups in total. The maximum absolute atomic E-state index is 12.3. The van der Waals surface area contributed by atoms with Crippen LogP contribution in [0.1, 0.15) is 31.1 Å². The Labute approximate surface area is 141 Å². The zero-order valence-electron chi connectivity index (χ0n) is 12.0. The number of hydrogen-bond acceptors (Lipinski definition) is 2. The Balaban J connectivity index is 2.77.